The minimum absolute atomic E-state index is 0.224. The number of ether oxygens (including phenoxy) is 2. The summed E-state index contributed by atoms with van der Waals surface area (Å²) in [6.45, 7) is 6.36. The number of anilines is 1. The van der Waals surface area contributed by atoms with E-state index in [4.69, 9.17) is 9.47 Å². The van der Waals surface area contributed by atoms with Gasteiger partial charge in [-0.15, -0.1) is 0 Å². The molecule has 8 nitrogen and oxygen atoms in total. The van der Waals surface area contributed by atoms with Crippen molar-refractivity contribution in [2.75, 3.05) is 52.3 Å². The zero-order valence-corrected chi connectivity index (χ0v) is 19.7. The molecule has 4 rings (SSSR count). The van der Waals surface area contributed by atoms with E-state index in [9.17, 15) is 4.91 Å². The van der Waals surface area contributed by atoms with Gasteiger partial charge in [0.05, 0.1) is 11.4 Å². The van der Waals surface area contributed by atoms with Gasteiger partial charge in [0.2, 0.25) is 0 Å². The molecule has 3 heterocycles. The molecule has 0 saturated carbocycles. The van der Waals surface area contributed by atoms with Crippen LogP contribution in [0.3, 0.4) is 0 Å². The van der Waals surface area contributed by atoms with Crippen molar-refractivity contribution < 1.29 is 14.2 Å². The first-order valence-corrected chi connectivity index (χ1v) is 11.9. The Hall–Kier alpha value is -2.00. The zero-order valence-electron chi connectivity index (χ0n) is 19.7. The van der Waals surface area contributed by atoms with Crippen LogP contribution in [0.5, 0.6) is 5.75 Å². The maximum Gasteiger partial charge on any atom is 0.335 e. The monoisotopic (exact) mass is 444 g/mol. The number of methoxy groups -OCH3 is 1. The van der Waals surface area contributed by atoms with Crippen LogP contribution in [0.15, 0.2) is 18.2 Å². The van der Waals surface area contributed by atoms with Crippen molar-refractivity contribution in [1.29, 1.82) is 0 Å². The second kappa shape index (κ2) is 10.7. The summed E-state index contributed by atoms with van der Waals surface area (Å²) < 4.78 is 12.3. The predicted octanol–water partition coefficient (Wildman–Crippen LogP) is 2.54. The van der Waals surface area contributed by atoms with Crippen molar-refractivity contribution in [2.24, 2.45) is 0 Å². The van der Waals surface area contributed by atoms with Gasteiger partial charge in [0.1, 0.15) is 5.75 Å². The number of rotatable bonds is 8. The number of hydrogen-bond acceptors (Lipinski definition) is 7. The van der Waals surface area contributed by atoms with Crippen LogP contribution < -0.4 is 20.7 Å². The molecule has 0 aromatic heterocycles. The maximum absolute atomic E-state index is 13.1. The molecule has 3 N–H and O–H groups in total. The quantitative estimate of drug-likeness (QED) is 0.420. The van der Waals surface area contributed by atoms with Gasteiger partial charge in [-0.3, -0.25) is 5.32 Å². The number of nitrogens with zero attached hydrogens (tertiary/aromatic N) is 2. The summed E-state index contributed by atoms with van der Waals surface area (Å²) >= 11 is 0. The topological polar surface area (TPSA) is 77.9 Å². The van der Waals surface area contributed by atoms with Crippen molar-refractivity contribution in [3.63, 3.8) is 0 Å². The summed E-state index contributed by atoms with van der Waals surface area (Å²) in [5.41, 5.74) is 4.71. The third kappa shape index (κ3) is 5.49. The van der Waals surface area contributed by atoms with E-state index in [2.05, 4.69) is 53.0 Å². The number of likely N-dealkylation sites (N-methyl/N-ethyl adjacent to an activating group) is 1. The average molecular weight is 445 g/mol. The SMILES string of the molecule is COCCCNC1CC(C)NC(Nc2cc3c(c(C4=CCN(C)CCC4)c2)OCC3)[N+]1=O. The van der Waals surface area contributed by atoms with Crippen LogP contribution in [-0.4, -0.2) is 75.2 Å². The van der Waals surface area contributed by atoms with Crippen molar-refractivity contribution in [3.05, 3.63) is 34.2 Å². The van der Waals surface area contributed by atoms with Crippen molar-refractivity contribution in [2.45, 2.75) is 57.5 Å². The second-order valence-corrected chi connectivity index (χ2v) is 9.23. The lowest BCUT2D eigenvalue weighted by Crippen LogP contribution is -2.61. The zero-order chi connectivity index (χ0) is 22.5. The molecule has 1 aromatic rings. The van der Waals surface area contributed by atoms with Gasteiger partial charge in [-0.25, -0.2) is 5.32 Å². The summed E-state index contributed by atoms with van der Waals surface area (Å²) in [4.78, 5) is 15.4. The number of fused-ring (bicyclic) bond motifs is 1. The van der Waals surface area contributed by atoms with Crippen molar-refractivity contribution >= 4 is 11.3 Å². The molecule has 176 valence electrons. The minimum Gasteiger partial charge on any atom is -0.492 e. The van der Waals surface area contributed by atoms with Gasteiger partial charge in [-0.1, -0.05) is 6.08 Å². The van der Waals surface area contributed by atoms with Gasteiger partial charge < -0.3 is 19.7 Å². The van der Waals surface area contributed by atoms with Crippen LogP contribution in [0, 0.1) is 4.91 Å². The Kier molecular flexibility index (Phi) is 7.78. The van der Waals surface area contributed by atoms with E-state index in [0.717, 1.165) is 74.5 Å². The molecule has 3 atom stereocenters. The highest BCUT2D eigenvalue weighted by molar-refractivity contribution is 5.76. The van der Waals surface area contributed by atoms with Crippen LogP contribution in [0.2, 0.25) is 0 Å². The maximum atomic E-state index is 13.1. The molecule has 0 spiro atoms. The van der Waals surface area contributed by atoms with Crippen molar-refractivity contribution in [1.82, 2.24) is 15.5 Å². The third-order valence-corrected chi connectivity index (χ3v) is 6.55. The van der Waals surface area contributed by atoms with Crippen LogP contribution in [0.25, 0.3) is 5.57 Å². The molecule has 0 amide bonds. The highest BCUT2D eigenvalue weighted by Crippen LogP contribution is 2.39. The van der Waals surface area contributed by atoms with Gasteiger partial charge in [0.25, 0.3) is 6.17 Å². The van der Waals surface area contributed by atoms with E-state index in [1.807, 2.05) is 0 Å². The van der Waals surface area contributed by atoms with Crippen LogP contribution in [-0.2, 0) is 11.2 Å². The Morgan fingerprint density at radius 2 is 2.22 bits per heavy atom. The highest BCUT2D eigenvalue weighted by atomic mass is 16.5. The van der Waals surface area contributed by atoms with Crippen molar-refractivity contribution in [3.8, 4) is 5.75 Å². The summed E-state index contributed by atoms with van der Waals surface area (Å²) in [7, 11) is 3.86. The smallest absolute Gasteiger partial charge is 0.335 e. The van der Waals surface area contributed by atoms with E-state index in [-0.39, 0.29) is 12.2 Å². The Labute approximate surface area is 191 Å². The minimum atomic E-state index is -0.485. The first-order chi connectivity index (χ1) is 15.5. The lowest BCUT2D eigenvalue weighted by molar-refractivity contribution is -0.637. The molecule has 3 aliphatic heterocycles. The Morgan fingerprint density at radius 3 is 3.06 bits per heavy atom. The molecule has 1 fully saturated rings. The molecule has 3 unspecified atom stereocenters. The molecule has 32 heavy (non-hydrogen) atoms. The first kappa shape index (κ1) is 23.2. The highest BCUT2D eigenvalue weighted by Gasteiger charge is 2.41. The molecule has 1 aromatic carbocycles. The Morgan fingerprint density at radius 1 is 1.34 bits per heavy atom. The molecule has 0 radical (unpaired) electrons. The first-order valence-electron chi connectivity index (χ1n) is 11.9. The molecular weight excluding hydrogens is 406 g/mol. The number of nitroso groups, excluding NO2 is 1. The van der Waals surface area contributed by atoms with E-state index >= 15 is 0 Å². The molecule has 1 saturated heterocycles. The van der Waals surface area contributed by atoms with Crippen LogP contribution in [0.4, 0.5) is 5.69 Å². The molecular formula is C24H38N5O3+. The Bertz CT molecular complexity index is 843. The Balaban J connectivity index is 1.51. The summed E-state index contributed by atoms with van der Waals surface area (Å²) in [6.07, 6.45) is 6.36. The van der Waals surface area contributed by atoms with E-state index in [1.54, 1.807) is 7.11 Å². The average Bonchev–Trinajstić information content (AvgIpc) is 3.14. The fraction of sp³-hybridized carbons (Fsp3) is 0.667. The molecule has 8 heteroatoms. The molecule has 3 aliphatic rings. The van der Waals surface area contributed by atoms with Gasteiger partial charge in [-0.2, -0.15) is 0 Å². The summed E-state index contributed by atoms with van der Waals surface area (Å²) in [6, 6.07) is 4.54. The second-order valence-electron chi connectivity index (χ2n) is 9.23. The van der Waals surface area contributed by atoms with Gasteiger partial charge >= 0.3 is 6.29 Å². The molecule has 0 aliphatic carbocycles. The van der Waals surface area contributed by atoms with Crippen LogP contribution in [0.1, 0.15) is 43.7 Å². The van der Waals surface area contributed by atoms with E-state index in [0.29, 0.717) is 6.61 Å². The van der Waals surface area contributed by atoms with Gasteiger partial charge in [0, 0.05) is 67.4 Å². The largest absolute Gasteiger partial charge is 0.492 e. The summed E-state index contributed by atoms with van der Waals surface area (Å²) in [5, 5.41) is 10.3. The van der Waals surface area contributed by atoms with Crippen LogP contribution >= 0.6 is 0 Å². The number of nitrogens with one attached hydrogen (secondary N) is 3. The fourth-order valence-electron chi connectivity index (χ4n) is 4.82. The molecule has 0 bridgehead atoms. The van der Waals surface area contributed by atoms with Gasteiger partial charge in [-0.05, 0) is 57.5 Å². The number of hydrogen-bond donors (Lipinski definition) is 3. The predicted molar refractivity (Wildman–Crippen MR) is 127 cm³/mol. The fourth-order valence-corrected chi connectivity index (χ4v) is 4.82. The third-order valence-electron chi connectivity index (χ3n) is 6.55. The van der Waals surface area contributed by atoms with Gasteiger partial charge in [0.15, 0.2) is 0 Å². The lowest BCUT2D eigenvalue weighted by Gasteiger charge is -2.28. The standard InChI is InChI=1S/C24H38N5O3/c1-17-14-22(25-9-5-12-31-3)29(30)24(26-17)27-20-15-19-8-13-32-23(19)21(16-20)18-6-4-10-28(2)11-7-18/h7,15-17,22,24-27H,4-6,8-14H2,1-3H3/q+1. The van der Waals surface area contributed by atoms with E-state index in [1.165, 1.54) is 16.7 Å². The van der Waals surface area contributed by atoms with E-state index < -0.39 is 6.29 Å². The summed E-state index contributed by atoms with van der Waals surface area (Å²) in [5.74, 6) is 1.02. The number of allylic oxidation sites excluding steroid dienone is 1. The lowest BCUT2D eigenvalue weighted by atomic mass is 9.96. The number of benzene rings is 1. The normalized spacial score (nSPS) is 26.3.